The topological polar surface area (TPSA) is 95.2 Å². The number of aliphatic hydroxyl groups is 1. The molecule has 3 atom stereocenters. The molecule has 4 aromatic rings. The summed E-state index contributed by atoms with van der Waals surface area (Å²) in [7, 11) is 3.92. The molecule has 0 saturated heterocycles. The Hall–Kier alpha value is -3.98. The molecule has 0 fully saturated rings. The molecule has 1 amide bonds. The van der Waals surface area contributed by atoms with Crippen LogP contribution in [0.2, 0.25) is 0 Å². The van der Waals surface area contributed by atoms with Gasteiger partial charge in [0.15, 0.2) is 0 Å². The summed E-state index contributed by atoms with van der Waals surface area (Å²) in [5, 5.41) is 20.6. The number of aryl methyl sites for hydroxylation is 1. The van der Waals surface area contributed by atoms with Crippen molar-refractivity contribution in [2.24, 2.45) is 13.0 Å². The van der Waals surface area contributed by atoms with Gasteiger partial charge in [0.25, 0.3) is 5.91 Å². The van der Waals surface area contributed by atoms with E-state index in [9.17, 15) is 19.8 Å². The lowest BCUT2D eigenvalue weighted by atomic mass is 9.96. The van der Waals surface area contributed by atoms with Gasteiger partial charge in [-0.2, -0.15) is 0 Å². The number of rotatable bonds is 7. The third-order valence-electron chi connectivity index (χ3n) is 8.34. The number of ether oxygens (including phenoxy) is 1. The van der Waals surface area contributed by atoms with Crippen LogP contribution in [0.3, 0.4) is 0 Å². The summed E-state index contributed by atoms with van der Waals surface area (Å²) in [5.74, 6) is -1.12. The number of aromatic nitrogens is 1. The lowest BCUT2D eigenvalue weighted by Crippen LogP contribution is -2.47. The quantitative estimate of drug-likeness (QED) is 0.324. The van der Waals surface area contributed by atoms with Gasteiger partial charge in [0.2, 0.25) is 0 Å². The minimum Gasteiger partial charge on any atom is -0.478 e. The van der Waals surface area contributed by atoms with Crippen LogP contribution in [0.25, 0.3) is 22.0 Å². The van der Waals surface area contributed by atoms with Gasteiger partial charge in [-0.15, -0.1) is 0 Å². The van der Waals surface area contributed by atoms with E-state index in [1.165, 1.54) is 0 Å². The van der Waals surface area contributed by atoms with E-state index in [-0.39, 0.29) is 36.1 Å². The van der Waals surface area contributed by atoms with Crippen LogP contribution in [0.1, 0.15) is 45.8 Å². The molecular weight excluding hydrogens is 530 g/mol. The molecule has 3 aromatic carbocycles. The molecule has 0 saturated carbocycles. The van der Waals surface area contributed by atoms with E-state index in [0.717, 1.165) is 33.2 Å². The Bertz CT molecular complexity index is 1600. The maximum atomic E-state index is 14.5. The molecule has 42 heavy (non-hydrogen) atoms. The van der Waals surface area contributed by atoms with Crippen molar-refractivity contribution >= 4 is 22.8 Å². The van der Waals surface area contributed by atoms with E-state index < -0.39 is 5.97 Å². The number of fused-ring (bicyclic) bond motifs is 5. The molecule has 1 aromatic heterocycles. The highest BCUT2D eigenvalue weighted by atomic mass is 16.5. The molecule has 0 radical (unpaired) electrons. The first-order valence-electron chi connectivity index (χ1n) is 14.4. The second-order valence-electron chi connectivity index (χ2n) is 11.5. The molecular formula is C34H39N3O5. The van der Waals surface area contributed by atoms with Crippen LogP contribution in [0.15, 0.2) is 72.8 Å². The molecule has 1 aliphatic rings. The number of hydrogen-bond donors (Lipinski definition) is 2. The summed E-state index contributed by atoms with van der Waals surface area (Å²) in [6.45, 7) is 5.71. The Labute approximate surface area is 246 Å². The fourth-order valence-electron chi connectivity index (χ4n) is 6.01. The van der Waals surface area contributed by atoms with E-state index in [4.69, 9.17) is 4.74 Å². The Morgan fingerprint density at radius 2 is 1.83 bits per heavy atom. The zero-order valence-corrected chi connectivity index (χ0v) is 24.7. The third kappa shape index (κ3) is 5.83. The number of aromatic carboxylic acids is 1. The first-order valence-corrected chi connectivity index (χ1v) is 14.4. The number of nitrogens with zero attached hydrogens (tertiary/aromatic N) is 3. The average Bonchev–Trinajstić information content (AvgIpc) is 3.28. The molecule has 2 N–H and O–H groups in total. The summed E-state index contributed by atoms with van der Waals surface area (Å²) in [5.41, 5.74) is 5.58. The summed E-state index contributed by atoms with van der Waals surface area (Å²) >= 11 is 0. The highest BCUT2D eigenvalue weighted by Gasteiger charge is 2.33. The number of benzene rings is 3. The summed E-state index contributed by atoms with van der Waals surface area (Å²) in [4.78, 5) is 29.8. The number of amides is 1. The number of carboxylic acids is 1. The van der Waals surface area contributed by atoms with Gasteiger partial charge >= 0.3 is 5.97 Å². The normalized spacial score (nSPS) is 18.4. The van der Waals surface area contributed by atoms with Gasteiger partial charge in [0.05, 0.1) is 30.9 Å². The number of likely N-dealkylation sites (N-methyl/N-ethyl adjacent to an activating group) is 1. The van der Waals surface area contributed by atoms with Crippen molar-refractivity contribution in [3.8, 4) is 11.1 Å². The van der Waals surface area contributed by atoms with Gasteiger partial charge in [0, 0.05) is 49.1 Å². The van der Waals surface area contributed by atoms with E-state index in [2.05, 4.69) is 30.0 Å². The number of aliphatic hydroxyl groups excluding tert-OH is 1. The van der Waals surface area contributed by atoms with Crippen molar-refractivity contribution < 1.29 is 24.5 Å². The molecule has 1 aliphatic heterocycles. The smallest absolute Gasteiger partial charge is 0.335 e. The fourth-order valence-corrected chi connectivity index (χ4v) is 6.01. The Morgan fingerprint density at radius 3 is 2.60 bits per heavy atom. The SMILES string of the molecule is C[C@@H]1CN([C@@H](C)CO)C(=O)c2c(c3ccccc3n2C)-c2ccccc2CO[C@@H]1CN(C)Cc1cccc(C(=O)O)c1. The lowest BCUT2D eigenvalue weighted by molar-refractivity contribution is -0.0242. The van der Waals surface area contributed by atoms with Crippen LogP contribution in [0, 0.1) is 5.92 Å². The number of para-hydroxylation sites is 1. The van der Waals surface area contributed by atoms with E-state index in [1.807, 2.05) is 62.0 Å². The zero-order valence-electron chi connectivity index (χ0n) is 24.7. The second kappa shape index (κ2) is 12.5. The predicted molar refractivity (Wildman–Crippen MR) is 163 cm³/mol. The minimum absolute atomic E-state index is 0.0563. The van der Waals surface area contributed by atoms with Crippen LogP contribution >= 0.6 is 0 Å². The van der Waals surface area contributed by atoms with Crippen LogP contribution in [-0.4, -0.2) is 75.3 Å². The van der Waals surface area contributed by atoms with Crippen LogP contribution < -0.4 is 0 Å². The number of carbonyl (C=O) groups excluding carboxylic acids is 1. The first kappa shape index (κ1) is 29.5. The van der Waals surface area contributed by atoms with E-state index in [1.54, 1.807) is 23.1 Å². The number of hydrogen-bond acceptors (Lipinski definition) is 5. The van der Waals surface area contributed by atoms with Crippen LogP contribution in [0.4, 0.5) is 0 Å². The molecule has 8 heteroatoms. The van der Waals surface area contributed by atoms with Crippen LogP contribution in [-0.2, 0) is 24.9 Å². The molecule has 0 spiro atoms. The van der Waals surface area contributed by atoms with Gasteiger partial charge < -0.3 is 24.4 Å². The maximum Gasteiger partial charge on any atom is 0.335 e. The summed E-state index contributed by atoms with van der Waals surface area (Å²) < 4.78 is 8.64. The van der Waals surface area contributed by atoms with Gasteiger partial charge in [0.1, 0.15) is 5.69 Å². The lowest BCUT2D eigenvalue weighted by Gasteiger charge is -2.35. The van der Waals surface area contributed by atoms with Crippen molar-refractivity contribution in [3.05, 3.63) is 95.2 Å². The molecule has 5 rings (SSSR count). The summed E-state index contributed by atoms with van der Waals surface area (Å²) in [6.07, 6.45) is -0.232. The largest absolute Gasteiger partial charge is 0.478 e. The maximum absolute atomic E-state index is 14.5. The fraction of sp³-hybridized carbons (Fsp3) is 0.353. The zero-order chi connectivity index (χ0) is 30.0. The molecule has 0 bridgehead atoms. The minimum atomic E-state index is -0.949. The van der Waals surface area contributed by atoms with Crippen molar-refractivity contribution in [1.29, 1.82) is 0 Å². The van der Waals surface area contributed by atoms with Crippen molar-refractivity contribution in [3.63, 3.8) is 0 Å². The molecule has 2 heterocycles. The average molecular weight is 570 g/mol. The number of carboxylic acid groups (broad SMARTS) is 1. The third-order valence-corrected chi connectivity index (χ3v) is 8.34. The second-order valence-corrected chi connectivity index (χ2v) is 11.5. The Balaban J connectivity index is 1.54. The number of carbonyl (C=O) groups is 2. The van der Waals surface area contributed by atoms with Crippen molar-refractivity contribution in [1.82, 2.24) is 14.4 Å². The Morgan fingerprint density at radius 1 is 1.10 bits per heavy atom. The first-order chi connectivity index (χ1) is 20.2. The standard InChI is InChI=1S/C34H39N3O5/c1-22-17-37(23(2)20-38)33(39)32-31(28-14-7-8-15-29(28)36(32)4)27-13-6-5-11-26(27)21-42-30(22)19-35(3)18-24-10-9-12-25(16-24)34(40)41/h5-16,22-23,30,38H,17-21H2,1-4H3,(H,40,41)/t22-,23+,30-/m1/s1. The summed E-state index contributed by atoms with van der Waals surface area (Å²) in [6, 6.07) is 22.7. The highest BCUT2D eigenvalue weighted by Crippen LogP contribution is 2.38. The van der Waals surface area contributed by atoms with Crippen molar-refractivity contribution in [2.45, 2.75) is 39.1 Å². The van der Waals surface area contributed by atoms with Crippen molar-refractivity contribution in [2.75, 3.05) is 26.7 Å². The highest BCUT2D eigenvalue weighted by molar-refractivity contribution is 6.10. The van der Waals surface area contributed by atoms with Gasteiger partial charge in [-0.1, -0.05) is 61.5 Å². The predicted octanol–water partition coefficient (Wildman–Crippen LogP) is 5.03. The van der Waals surface area contributed by atoms with Gasteiger partial charge in [-0.3, -0.25) is 9.69 Å². The molecule has 0 aliphatic carbocycles. The monoisotopic (exact) mass is 569 g/mol. The van der Waals surface area contributed by atoms with E-state index in [0.29, 0.717) is 31.9 Å². The van der Waals surface area contributed by atoms with Gasteiger partial charge in [-0.25, -0.2) is 4.79 Å². The van der Waals surface area contributed by atoms with Gasteiger partial charge in [-0.05, 0) is 48.9 Å². The molecule has 220 valence electrons. The Kier molecular flexibility index (Phi) is 8.77. The van der Waals surface area contributed by atoms with Crippen LogP contribution in [0.5, 0.6) is 0 Å². The molecule has 0 unspecified atom stereocenters. The van der Waals surface area contributed by atoms with E-state index >= 15 is 0 Å². The molecule has 8 nitrogen and oxygen atoms in total.